The van der Waals surface area contributed by atoms with Crippen LogP contribution in [0.4, 0.5) is 0 Å². The van der Waals surface area contributed by atoms with E-state index < -0.39 is 249 Å². The van der Waals surface area contributed by atoms with Gasteiger partial charge in [-0.1, -0.05) is 97.1 Å². The van der Waals surface area contributed by atoms with Crippen molar-refractivity contribution in [2.45, 2.75) is 293 Å². The third kappa shape index (κ3) is 31.6. The molecule has 0 radical (unpaired) electrons. The summed E-state index contributed by atoms with van der Waals surface area (Å²) in [6.45, 7) is 8.45. The molecule has 113 heavy (non-hydrogen) atoms. The van der Waals surface area contributed by atoms with Gasteiger partial charge in [-0.15, -0.1) is 0 Å². The predicted molar refractivity (Wildman–Crippen MR) is 403 cm³/mol. The van der Waals surface area contributed by atoms with Crippen LogP contribution in [0.3, 0.4) is 0 Å². The summed E-state index contributed by atoms with van der Waals surface area (Å²) < 4.78 is 6.01. The molecular weight excluding hydrogens is 1480 g/mol. The van der Waals surface area contributed by atoms with Crippen LogP contribution in [0.25, 0.3) is 0 Å². The minimum Gasteiger partial charge on any atom is -0.508 e. The summed E-state index contributed by atoms with van der Waals surface area (Å²) in [4.78, 5) is 212. The second-order valence-electron chi connectivity index (χ2n) is 29.8. The van der Waals surface area contributed by atoms with E-state index in [4.69, 9.17) is 10.5 Å². The Morgan fingerprint density at radius 3 is 1.65 bits per heavy atom. The number of cyclic esters (lactones) is 1. The van der Waals surface area contributed by atoms with Gasteiger partial charge in [-0.3, -0.25) is 67.1 Å². The van der Waals surface area contributed by atoms with Gasteiger partial charge >= 0.3 is 5.97 Å². The number of carbonyl (C=O) groups excluding carboxylic acids is 15. The number of likely N-dealkylation sites (N-methyl/N-ethyl adjacent to an activating group) is 1. The van der Waals surface area contributed by atoms with Crippen LogP contribution >= 0.6 is 0 Å². The highest BCUT2D eigenvalue weighted by Gasteiger charge is 2.48. The van der Waals surface area contributed by atoms with Gasteiger partial charge in [0.25, 0.3) is 0 Å². The van der Waals surface area contributed by atoms with Crippen molar-refractivity contribution in [1.29, 1.82) is 0 Å². The average Bonchev–Trinajstić information content (AvgIpc) is 1.70. The van der Waals surface area contributed by atoms with Gasteiger partial charge in [0.15, 0.2) is 0 Å². The normalized spacial score (nSPS) is 27.4. The first-order chi connectivity index (χ1) is 53.3. The van der Waals surface area contributed by atoms with E-state index in [-0.39, 0.29) is 50.9 Å². The molecule has 0 aromatic heterocycles. The highest BCUT2D eigenvalue weighted by molar-refractivity contribution is 6.00. The molecule has 0 bridgehead atoms. The molecule has 14 amide bonds. The standard InChI is InChI=1S/C74H121N15O24/c1-10-11-12-13-14-15-16-17-18-19-20-22-47-33-54(99)82-58(40(5)90)68(106)79-39(4)64(102)81-49(31-44-24-26-45(94)27-25-44)65(103)84-57(38(2)3)72(110)89-37-46(95)32-50(89)66(104)85-60(42(7)92)70(108)86-61(43(8)93)73(111)88-30-28-51(96)63(88)71(109)87-62(52(97)34-53(75)98)67(105)78-36-56(101)83-59(41(6)91)69(107)80-48(74(112)113-47)23-21-29-77-55(100)35-76-9/h24-27,38-43,46-52,57-63,76,90-97H,10-23,28-37H2,1-9H3,(H2,75,98)(H,77,100)(H,78,105)(H,79,106)(H,80,107)(H,81,102)(H,82,99)(H,83,101)(H,84,103)(H,85,104)(H,86,108)(H,87,109)/t39-,40-,41-,42-,43-,46-,47-,48+,49+,50+,51+,52-,57+,58-,59-,60-,61+,62+,63+/m1/s1. The van der Waals surface area contributed by atoms with Crippen LogP contribution in [0.2, 0.25) is 0 Å². The number of phenols is 1. The number of nitrogens with zero attached hydrogens (tertiary/aromatic N) is 2. The van der Waals surface area contributed by atoms with Gasteiger partial charge in [0.1, 0.15) is 78.3 Å². The molecule has 39 heteroatoms. The Labute approximate surface area is 657 Å². The molecule has 3 heterocycles. The lowest BCUT2D eigenvalue weighted by Crippen LogP contribution is -2.64. The predicted octanol–water partition coefficient (Wildman–Crippen LogP) is -6.09. The zero-order valence-corrected chi connectivity index (χ0v) is 65.9. The molecule has 0 aliphatic carbocycles. The van der Waals surface area contributed by atoms with E-state index in [2.05, 4.69) is 70.7 Å². The molecule has 3 aliphatic rings. The molecule has 0 unspecified atom stereocenters. The monoisotopic (exact) mass is 1600 g/mol. The lowest BCUT2D eigenvalue weighted by molar-refractivity contribution is -0.155. The Morgan fingerprint density at radius 2 is 1.08 bits per heavy atom. The number of carbonyl (C=O) groups is 15. The highest BCUT2D eigenvalue weighted by Crippen LogP contribution is 2.25. The number of aromatic hydroxyl groups is 1. The van der Waals surface area contributed by atoms with Crippen molar-refractivity contribution in [3.05, 3.63) is 29.8 Å². The summed E-state index contributed by atoms with van der Waals surface area (Å²) in [6.07, 6.45) is -6.68. The molecule has 1 aromatic rings. The summed E-state index contributed by atoms with van der Waals surface area (Å²) in [5.41, 5.74) is 5.71. The molecule has 636 valence electrons. The van der Waals surface area contributed by atoms with Gasteiger partial charge in [-0.05, 0) is 97.4 Å². The molecule has 3 fully saturated rings. The molecule has 1 aromatic carbocycles. The van der Waals surface area contributed by atoms with Crippen LogP contribution in [-0.4, -0.2) is 294 Å². The molecule has 4 rings (SSSR count). The van der Waals surface area contributed by atoms with Gasteiger partial charge in [0, 0.05) is 32.5 Å². The fourth-order valence-electron chi connectivity index (χ4n) is 13.2. The Kier molecular flexibility index (Phi) is 40.9. The van der Waals surface area contributed by atoms with Crippen LogP contribution in [0.5, 0.6) is 5.75 Å². The Hall–Kier alpha value is -9.25. The second-order valence-corrected chi connectivity index (χ2v) is 29.8. The quantitative estimate of drug-likeness (QED) is 0.0274. The van der Waals surface area contributed by atoms with E-state index in [9.17, 15) is 113 Å². The van der Waals surface area contributed by atoms with Crippen molar-refractivity contribution < 1.29 is 118 Å². The van der Waals surface area contributed by atoms with Crippen molar-refractivity contribution >= 4 is 88.7 Å². The van der Waals surface area contributed by atoms with Crippen LogP contribution in [0.15, 0.2) is 24.3 Å². The number of aliphatic hydroxyl groups is 7. The largest absolute Gasteiger partial charge is 0.508 e. The van der Waals surface area contributed by atoms with E-state index in [0.717, 1.165) is 90.4 Å². The number of unbranched alkanes of at least 4 members (excludes halogenated alkanes) is 10. The summed E-state index contributed by atoms with van der Waals surface area (Å²) >= 11 is 0. The number of esters is 1. The first-order valence-electron chi connectivity index (χ1n) is 38.8. The second kappa shape index (κ2) is 48.1. The molecule has 0 saturated carbocycles. The number of hydrogen-bond acceptors (Lipinski definition) is 25. The third-order valence-corrected chi connectivity index (χ3v) is 19.6. The molecular formula is C74H121N15O24. The lowest BCUT2D eigenvalue weighted by atomic mass is 9.99. The minimum atomic E-state index is -2.24. The zero-order chi connectivity index (χ0) is 84.5. The Balaban J connectivity index is 1.83. The van der Waals surface area contributed by atoms with Gasteiger partial charge < -0.3 is 125 Å². The molecule has 3 aliphatic heterocycles. The van der Waals surface area contributed by atoms with Crippen molar-refractivity contribution in [1.82, 2.24) is 73.6 Å². The van der Waals surface area contributed by atoms with Gasteiger partial charge in [0.2, 0.25) is 82.7 Å². The van der Waals surface area contributed by atoms with Gasteiger partial charge in [-0.2, -0.15) is 0 Å². The van der Waals surface area contributed by atoms with E-state index in [1.165, 1.54) is 52.1 Å². The minimum absolute atomic E-state index is 0.0166. The third-order valence-electron chi connectivity index (χ3n) is 19.6. The SMILES string of the molecule is CCCCCCCCCCCCC[C@@H]1CC(=O)N[C@H]([C@@H](C)O)C(=O)N[C@H](C)C(=O)N[C@@H](Cc2ccc(O)cc2)C(=O)N[C@@H](C(C)C)C(=O)N2C[C@H](O)C[C@H]2C(=O)N[C@H]([C@@H](C)O)C(=O)N[C@@H]([C@@H](C)O)C(=O)N2CC[C@H](O)[C@H]2C(=O)N[C@@H]([C@H](O)CC(N)=O)C(=O)NCC(=O)N[C@H]([C@@H](C)O)C(=O)N[C@@H](CCCNC(=O)CNC)C(=O)O1. The van der Waals surface area contributed by atoms with Gasteiger partial charge in [0.05, 0.1) is 68.7 Å². The van der Waals surface area contributed by atoms with E-state index in [1.807, 2.05) is 0 Å². The fraction of sp³-hybridized carbons (Fsp3) is 0.716. The number of amides is 14. The number of benzene rings is 1. The summed E-state index contributed by atoms with van der Waals surface area (Å²) in [6, 6.07) is -14.6. The van der Waals surface area contributed by atoms with E-state index >= 15 is 0 Å². The molecule has 0 spiro atoms. The summed E-state index contributed by atoms with van der Waals surface area (Å²) in [5, 5.41) is 117. The number of hydrogen-bond donors (Lipinski definition) is 21. The highest BCUT2D eigenvalue weighted by atomic mass is 16.5. The maximum atomic E-state index is 14.8. The van der Waals surface area contributed by atoms with Crippen molar-refractivity contribution in [3.63, 3.8) is 0 Å². The number of aliphatic hydroxyl groups excluding tert-OH is 7. The number of fused-ring (bicyclic) bond motifs is 2. The number of ether oxygens (including phenoxy) is 1. The molecule has 39 nitrogen and oxygen atoms in total. The summed E-state index contributed by atoms with van der Waals surface area (Å²) in [5.74, 6) is -17.8. The Bertz CT molecular complexity index is 3370. The van der Waals surface area contributed by atoms with Crippen LogP contribution < -0.4 is 69.5 Å². The van der Waals surface area contributed by atoms with E-state index in [1.54, 1.807) is 0 Å². The fourth-order valence-corrected chi connectivity index (χ4v) is 13.2. The Morgan fingerprint density at radius 1 is 0.566 bits per heavy atom. The first kappa shape index (κ1) is 96.1. The number of rotatable bonds is 28. The maximum absolute atomic E-state index is 14.8. The number of phenolic OH excluding ortho intramolecular Hbond substituents is 1. The van der Waals surface area contributed by atoms with Crippen molar-refractivity contribution in [2.24, 2.45) is 11.7 Å². The van der Waals surface area contributed by atoms with E-state index in [0.29, 0.717) is 23.3 Å². The zero-order valence-electron chi connectivity index (χ0n) is 65.9. The number of nitrogens with two attached hydrogens (primary N) is 1. The molecule has 3 saturated heterocycles. The average molecular weight is 1600 g/mol. The first-order valence-corrected chi connectivity index (χ1v) is 38.8. The van der Waals surface area contributed by atoms with Crippen LogP contribution in [-0.2, 0) is 83.1 Å². The lowest BCUT2D eigenvalue weighted by Gasteiger charge is -2.34. The van der Waals surface area contributed by atoms with Gasteiger partial charge in [-0.25, -0.2) is 4.79 Å². The molecule has 19 atom stereocenters. The smallest absolute Gasteiger partial charge is 0.328 e. The van der Waals surface area contributed by atoms with Crippen LogP contribution in [0, 0.1) is 5.92 Å². The van der Waals surface area contributed by atoms with Crippen molar-refractivity contribution in [2.75, 3.05) is 39.8 Å². The topological polar surface area (TPSA) is 604 Å². The molecule has 22 N–H and O–H groups in total. The maximum Gasteiger partial charge on any atom is 0.328 e. The van der Waals surface area contributed by atoms with Crippen LogP contribution in [0.1, 0.15) is 177 Å². The number of nitrogens with one attached hydrogen (secondary N) is 12. The van der Waals surface area contributed by atoms with Crippen molar-refractivity contribution in [3.8, 4) is 5.75 Å². The number of primary amides is 1. The summed E-state index contributed by atoms with van der Waals surface area (Å²) in [7, 11) is 1.53.